The number of aromatic nitrogens is 3. The van der Waals surface area contributed by atoms with E-state index >= 15 is 0 Å². The van der Waals surface area contributed by atoms with Crippen LogP contribution in [0, 0.1) is 0 Å². The van der Waals surface area contributed by atoms with Crippen molar-refractivity contribution >= 4 is 54.3 Å². The molecule has 0 unspecified atom stereocenters. The number of hydrogen-bond donors (Lipinski definition) is 1. The summed E-state index contributed by atoms with van der Waals surface area (Å²) in [5.74, 6) is -0.133. The van der Waals surface area contributed by atoms with E-state index in [1.165, 1.54) is 11.3 Å². The standard InChI is InChI=1S/C20H16BrN5OS/c21-15-9-17-19(23-11-15)28-20(24-17)25-18(27)13-26(16-6-2-1-3-7-16)12-14-5-4-8-22-10-14/h1-11H,12-13H2,(H,24,25,27). The summed E-state index contributed by atoms with van der Waals surface area (Å²) in [6.45, 7) is 0.783. The lowest BCUT2D eigenvalue weighted by atomic mass is 10.2. The zero-order valence-electron chi connectivity index (χ0n) is 14.7. The third kappa shape index (κ3) is 4.52. The monoisotopic (exact) mass is 453 g/mol. The van der Waals surface area contributed by atoms with Crippen molar-refractivity contribution in [3.8, 4) is 0 Å². The van der Waals surface area contributed by atoms with Gasteiger partial charge in [0.15, 0.2) is 5.13 Å². The fraction of sp³-hybridized carbons (Fsp3) is 0.100. The Bertz CT molecular complexity index is 1090. The Kier molecular flexibility index (Phi) is 5.59. The van der Waals surface area contributed by atoms with Gasteiger partial charge in [-0.05, 0) is 45.8 Å². The van der Waals surface area contributed by atoms with Gasteiger partial charge < -0.3 is 10.2 Å². The summed E-state index contributed by atoms with van der Waals surface area (Å²) in [6, 6.07) is 15.6. The Hall–Kier alpha value is -2.84. The number of amides is 1. The van der Waals surface area contributed by atoms with E-state index in [1.54, 1.807) is 12.4 Å². The van der Waals surface area contributed by atoms with Gasteiger partial charge in [0.05, 0.1) is 6.54 Å². The molecular formula is C20H16BrN5OS. The highest BCUT2D eigenvalue weighted by Gasteiger charge is 2.15. The number of benzene rings is 1. The van der Waals surface area contributed by atoms with Crippen molar-refractivity contribution < 1.29 is 4.79 Å². The van der Waals surface area contributed by atoms with Gasteiger partial charge in [0.1, 0.15) is 10.3 Å². The molecule has 1 aromatic carbocycles. The van der Waals surface area contributed by atoms with Gasteiger partial charge in [-0.3, -0.25) is 9.78 Å². The maximum Gasteiger partial charge on any atom is 0.245 e. The van der Waals surface area contributed by atoms with Gasteiger partial charge in [0, 0.05) is 35.3 Å². The molecule has 28 heavy (non-hydrogen) atoms. The number of nitrogens with zero attached hydrogens (tertiary/aromatic N) is 4. The van der Waals surface area contributed by atoms with Gasteiger partial charge in [-0.2, -0.15) is 0 Å². The fourth-order valence-electron chi connectivity index (χ4n) is 2.77. The van der Waals surface area contributed by atoms with Gasteiger partial charge >= 0.3 is 0 Å². The zero-order valence-corrected chi connectivity index (χ0v) is 17.2. The predicted molar refractivity (Wildman–Crippen MR) is 115 cm³/mol. The lowest BCUT2D eigenvalue weighted by Gasteiger charge is -2.24. The first-order chi connectivity index (χ1) is 13.7. The minimum absolute atomic E-state index is 0.133. The number of rotatable bonds is 6. The van der Waals surface area contributed by atoms with Crippen LogP contribution in [-0.2, 0) is 11.3 Å². The minimum atomic E-state index is -0.133. The summed E-state index contributed by atoms with van der Waals surface area (Å²) in [5.41, 5.74) is 2.76. The van der Waals surface area contributed by atoms with Crippen LogP contribution in [0.5, 0.6) is 0 Å². The molecule has 0 aliphatic carbocycles. The van der Waals surface area contributed by atoms with Gasteiger partial charge in [-0.25, -0.2) is 9.97 Å². The van der Waals surface area contributed by atoms with Crippen LogP contribution in [0.2, 0.25) is 0 Å². The smallest absolute Gasteiger partial charge is 0.245 e. The van der Waals surface area contributed by atoms with Crippen LogP contribution in [0.3, 0.4) is 0 Å². The molecular weight excluding hydrogens is 438 g/mol. The van der Waals surface area contributed by atoms with Crippen LogP contribution in [-0.4, -0.2) is 27.4 Å². The summed E-state index contributed by atoms with van der Waals surface area (Å²) in [4.78, 5) is 28.4. The molecule has 3 aromatic heterocycles. The molecule has 0 aliphatic rings. The molecule has 1 N–H and O–H groups in total. The molecule has 140 valence electrons. The number of carbonyl (C=O) groups is 1. The van der Waals surface area contributed by atoms with Gasteiger partial charge in [0.2, 0.25) is 5.91 Å². The molecule has 0 saturated carbocycles. The van der Waals surface area contributed by atoms with E-state index < -0.39 is 0 Å². The van der Waals surface area contributed by atoms with E-state index in [1.807, 2.05) is 59.6 Å². The Balaban J connectivity index is 1.51. The van der Waals surface area contributed by atoms with Crippen LogP contribution < -0.4 is 10.2 Å². The molecule has 0 aliphatic heterocycles. The largest absolute Gasteiger partial charge is 0.358 e. The number of fused-ring (bicyclic) bond motifs is 1. The first kappa shape index (κ1) is 18.5. The second-order valence-corrected chi connectivity index (χ2v) is 7.99. The highest BCUT2D eigenvalue weighted by molar-refractivity contribution is 9.10. The second kappa shape index (κ2) is 8.45. The minimum Gasteiger partial charge on any atom is -0.358 e. The number of pyridine rings is 2. The molecule has 0 fully saturated rings. The number of anilines is 2. The van der Waals surface area contributed by atoms with Crippen molar-refractivity contribution in [3.05, 3.63) is 77.2 Å². The summed E-state index contributed by atoms with van der Waals surface area (Å²) in [7, 11) is 0. The van der Waals surface area contributed by atoms with E-state index in [0.29, 0.717) is 11.7 Å². The zero-order chi connectivity index (χ0) is 19.3. The van der Waals surface area contributed by atoms with E-state index in [0.717, 1.165) is 26.1 Å². The van der Waals surface area contributed by atoms with Crippen molar-refractivity contribution in [1.82, 2.24) is 15.0 Å². The summed E-state index contributed by atoms with van der Waals surface area (Å²) < 4.78 is 0.856. The van der Waals surface area contributed by atoms with Crippen molar-refractivity contribution in [2.45, 2.75) is 6.54 Å². The van der Waals surface area contributed by atoms with Crippen molar-refractivity contribution in [3.63, 3.8) is 0 Å². The van der Waals surface area contributed by atoms with Crippen molar-refractivity contribution in [2.75, 3.05) is 16.8 Å². The Morgan fingerprint density at radius 2 is 2.00 bits per heavy atom. The van der Waals surface area contributed by atoms with E-state index in [4.69, 9.17) is 0 Å². The molecule has 0 saturated heterocycles. The predicted octanol–water partition coefficient (Wildman–Crippen LogP) is 4.49. The summed E-state index contributed by atoms with van der Waals surface area (Å²) >= 11 is 4.74. The molecule has 0 bridgehead atoms. The number of carbonyl (C=O) groups excluding carboxylic acids is 1. The molecule has 1 amide bonds. The molecule has 4 rings (SSSR count). The van der Waals surface area contributed by atoms with E-state index in [-0.39, 0.29) is 12.5 Å². The molecule has 0 radical (unpaired) electrons. The molecule has 0 spiro atoms. The maximum absolute atomic E-state index is 12.7. The first-order valence-electron chi connectivity index (χ1n) is 8.58. The third-order valence-corrected chi connectivity index (χ3v) is 5.34. The molecule has 6 nitrogen and oxygen atoms in total. The van der Waals surface area contributed by atoms with Crippen LogP contribution in [0.25, 0.3) is 10.3 Å². The first-order valence-corrected chi connectivity index (χ1v) is 10.2. The maximum atomic E-state index is 12.7. The number of para-hydroxylation sites is 1. The van der Waals surface area contributed by atoms with Crippen molar-refractivity contribution in [1.29, 1.82) is 0 Å². The van der Waals surface area contributed by atoms with Crippen LogP contribution in [0.1, 0.15) is 5.56 Å². The fourth-order valence-corrected chi connectivity index (χ4v) is 3.90. The Morgan fingerprint density at radius 1 is 1.14 bits per heavy atom. The Labute approximate surface area is 174 Å². The van der Waals surface area contributed by atoms with Gasteiger partial charge in [0.25, 0.3) is 0 Å². The van der Waals surface area contributed by atoms with Crippen LogP contribution in [0.4, 0.5) is 10.8 Å². The summed E-state index contributed by atoms with van der Waals surface area (Å²) in [5, 5.41) is 3.43. The Morgan fingerprint density at radius 3 is 2.79 bits per heavy atom. The highest BCUT2D eigenvalue weighted by atomic mass is 79.9. The molecule has 8 heteroatoms. The van der Waals surface area contributed by atoms with Crippen molar-refractivity contribution in [2.24, 2.45) is 0 Å². The molecule has 0 atom stereocenters. The number of hydrogen-bond acceptors (Lipinski definition) is 6. The lowest BCUT2D eigenvalue weighted by molar-refractivity contribution is -0.115. The lowest BCUT2D eigenvalue weighted by Crippen LogP contribution is -2.32. The molecule has 3 heterocycles. The second-order valence-electron chi connectivity index (χ2n) is 6.10. The van der Waals surface area contributed by atoms with Gasteiger partial charge in [-0.1, -0.05) is 35.6 Å². The highest BCUT2D eigenvalue weighted by Crippen LogP contribution is 2.26. The SMILES string of the molecule is O=C(CN(Cc1cccnc1)c1ccccc1)Nc1nc2cc(Br)cnc2s1. The average molecular weight is 454 g/mol. The average Bonchev–Trinajstić information content (AvgIpc) is 3.10. The quantitative estimate of drug-likeness (QED) is 0.465. The molecule has 4 aromatic rings. The van der Waals surface area contributed by atoms with Crippen LogP contribution >= 0.6 is 27.3 Å². The van der Waals surface area contributed by atoms with E-state index in [9.17, 15) is 4.79 Å². The number of halogens is 1. The topological polar surface area (TPSA) is 71.0 Å². The number of thiazole rings is 1. The van der Waals surface area contributed by atoms with Gasteiger partial charge in [-0.15, -0.1) is 0 Å². The van der Waals surface area contributed by atoms with E-state index in [2.05, 4.69) is 36.2 Å². The van der Waals surface area contributed by atoms with Crippen LogP contribution in [0.15, 0.2) is 71.6 Å². The number of nitrogens with one attached hydrogen (secondary N) is 1. The summed E-state index contributed by atoms with van der Waals surface area (Å²) in [6.07, 6.45) is 5.27. The third-order valence-electron chi connectivity index (χ3n) is 4.01. The normalized spacial score (nSPS) is 10.8.